The number of aliphatic carboxylic acids is 1. The summed E-state index contributed by atoms with van der Waals surface area (Å²) < 4.78 is 5.36. The van der Waals surface area contributed by atoms with Crippen molar-refractivity contribution >= 4 is 11.9 Å². The number of esters is 1. The van der Waals surface area contributed by atoms with Gasteiger partial charge in [-0.25, -0.2) is 0 Å². The molecule has 0 heterocycles. The lowest BCUT2D eigenvalue weighted by molar-refractivity contribution is -0.157. The SMILES string of the molecule is CCCCCCOC(=O)C1CCCC(C(=O)O)C1CC. The maximum absolute atomic E-state index is 12.2. The van der Waals surface area contributed by atoms with Crippen molar-refractivity contribution in [1.29, 1.82) is 0 Å². The van der Waals surface area contributed by atoms with Crippen LogP contribution in [0.3, 0.4) is 0 Å². The van der Waals surface area contributed by atoms with E-state index in [1.807, 2.05) is 6.92 Å². The summed E-state index contributed by atoms with van der Waals surface area (Å²) in [6, 6.07) is 0. The predicted molar refractivity (Wildman–Crippen MR) is 77.3 cm³/mol. The zero-order valence-electron chi connectivity index (χ0n) is 12.8. The topological polar surface area (TPSA) is 63.6 Å². The Morgan fingerprint density at radius 1 is 1.10 bits per heavy atom. The van der Waals surface area contributed by atoms with E-state index in [4.69, 9.17) is 4.74 Å². The van der Waals surface area contributed by atoms with Gasteiger partial charge in [-0.15, -0.1) is 0 Å². The summed E-state index contributed by atoms with van der Waals surface area (Å²) >= 11 is 0. The number of hydrogen-bond acceptors (Lipinski definition) is 3. The molecule has 4 nitrogen and oxygen atoms in total. The Morgan fingerprint density at radius 3 is 2.40 bits per heavy atom. The number of hydrogen-bond donors (Lipinski definition) is 1. The standard InChI is InChI=1S/C16H28O4/c1-3-5-6-7-11-20-16(19)14-10-8-9-13(15(17)18)12(14)4-2/h12-14H,3-11H2,1-2H3,(H,17,18). The lowest BCUT2D eigenvalue weighted by Crippen LogP contribution is -2.37. The molecule has 1 rings (SSSR count). The van der Waals surface area contributed by atoms with E-state index >= 15 is 0 Å². The third-order valence-electron chi connectivity index (χ3n) is 4.40. The van der Waals surface area contributed by atoms with Gasteiger partial charge in [0.2, 0.25) is 0 Å². The Hall–Kier alpha value is -1.06. The summed E-state index contributed by atoms with van der Waals surface area (Å²) in [4.78, 5) is 23.4. The summed E-state index contributed by atoms with van der Waals surface area (Å²) in [7, 11) is 0. The maximum Gasteiger partial charge on any atom is 0.309 e. The third kappa shape index (κ3) is 4.80. The van der Waals surface area contributed by atoms with Crippen LogP contribution in [0.5, 0.6) is 0 Å². The van der Waals surface area contributed by atoms with Crippen LogP contribution in [0, 0.1) is 17.8 Å². The maximum atomic E-state index is 12.2. The fourth-order valence-corrected chi connectivity index (χ4v) is 3.24. The highest BCUT2D eigenvalue weighted by Gasteiger charge is 2.40. The van der Waals surface area contributed by atoms with Crippen molar-refractivity contribution in [1.82, 2.24) is 0 Å². The first-order valence-corrected chi connectivity index (χ1v) is 8.01. The molecular formula is C16H28O4. The van der Waals surface area contributed by atoms with Gasteiger partial charge in [-0.2, -0.15) is 0 Å². The van der Waals surface area contributed by atoms with Crippen LogP contribution in [-0.2, 0) is 14.3 Å². The van der Waals surface area contributed by atoms with Crippen LogP contribution >= 0.6 is 0 Å². The zero-order chi connectivity index (χ0) is 15.0. The van der Waals surface area contributed by atoms with Crippen molar-refractivity contribution in [3.8, 4) is 0 Å². The Bertz CT molecular complexity index is 314. The number of unbranched alkanes of at least 4 members (excludes halogenated alkanes) is 3. The van der Waals surface area contributed by atoms with E-state index in [1.165, 1.54) is 6.42 Å². The molecule has 1 aliphatic rings. The molecule has 1 fully saturated rings. The first-order valence-electron chi connectivity index (χ1n) is 8.01. The van der Waals surface area contributed by atoms with E-state index in [9.17, 15) is 14.7 Å². The van der Waals surface area contributed by atoms with Crippen LogP contribution in [0.2, 0.25) is 0 Å². The molecule has 0 aromatic heterocycles. The van der Waals surface area contributed by atoms with Gasteiger partial charge >= 0.3 is 11.9 Å². The van der Waals surface area contributed by atoms with Gasteiger partial charge in [-0.3, -0.25) is 9.59 Å². The van der Waals surface area contributed by atoms with E-state index in [0.29, 0.717) is 13.0 Å². The van der Waals surface area contributed by atoms with E-state index in [-0.39, 0.29) is 23.7 Å². The van der Waals surface area contributed by atoms with Gasteiger partial charge in [0.05, 0.1) is 18.4 Å². The van der Waals surface area contributed by atoms with E-state index in [0.717, 1.165) is 38.5 Å². The average molecular weight is 284 g/mol. The highest BCUT2D eigenvalue weighted by atomic mass is 16.5. The van der Waals surface area contributed by atoms with Crippen LogP contribution in [-0.4, -0.2) is 23.7 Å². The van der Waals surface area contributed by atoms with Crippen LogP contribution < -0.4 is 0 Å². The molecule has 1 aliphatic carbocycles. The van der Waals surface area contributed by atoms with Gasteiger partial charge in [0.1, 0.15) is 0 Å². The minimum atomic E-state index is -0.766. The van der Waals surface area contributed by atoms with E-state index in [2.05, 4.69) is 6.92 Å². The number of carbonyl (C=O) groups is 2. The first-order chi connectivity index (χ1) is 9.61. The molecule has 0 aromatic rings. The van der Waals surface area contributed by atoms with E-state index < -0.39 is 5.97 Å². The quantitative estimate of drug-likeness (QED) is 0.546. The molecule has 3 unspecified atom stereocenters. The molecule has 0 amide bonds. The Labute approximate surface area is 121 Å². The monoisotopic (exact) mass is 284 g/mol. The number of carboxylic acids is 1. The second kappa shape index (κ2) is 8.98. The van der Waals surface area contributed by atoms with Gasteiger partial charge in [0.25, 0.3) is 0 Å². The number of carbonyl (C=O) groups excluding carboxylic acids is 1. The molecule has 0 bridgehead atoms. The molecule has 4 heteroatoms. The van der Waals surface area contributed by atoms with Crippen molar-refractivity contribution in [3.05, 3.63) is 0 Å². The van der Waals surface area contributed by atoms with Gasteiger partial charge in [-0.1, -0.05) is 46.0 Å². The Morgan fingerprint density at radius 2 is 1.80 bits per heavy atom. The molecular weight excluding hydrogens is 256 g/mol. The molecule has 116 valence electrons. The fraction of sp³-hybridized carbons (Fsp3) is 0.875. The minimum Gasteiger partial charge on any atom is -0.481 e. The van der Waals surface area contributed by atoms with Crippen LogP contribution in [0.25, 0.3) is 0 Å². The minimum absolute atomic E-state index is 0.0654. The average Bonchev–Trinajstić information content (AvgIpc) is 2.45. The summed E-state index contributed by atoms with van der Waals surface area (Å²) in [5, 5.41) is 9.26. The molecule has 0 saturated heterocycles. The number of ether oxygens (including phenoxy) is 1. The van der Waals surface area contributed by atoms with Crippen LogP contribution in [0.4, 0.5) is 0 Å². The lowest BCUT2D eigenvalue weighted by atomic mass is 9.71. The molecule has 1 N–H and O–H groups in total. The van der Waals surface area contributed by atoms with Crippen LogP contribution in [0.1, 0.15) is 65.2 Å². The summed E-state index contributed by atoms with van der Waals surface area (Å²) in [6.07, 6.45) is 7.32. The zero-order valence-corrected chi connectivity index (χ0v) is 12.8. The number of carboxylic acid groups (broad SMARTS) is 1. The van der Waals surface area contributed by atoms with Crippen molar-refractivity contribution in [2.75, 3.05) is 6.61 Å². The molecule has 1 saturated carbocycles. The molecule has 0 aromatic carbocycles. The van der Waals surface area contributed by atoms with Crippen molar-refractivity contribution in [2.45, 2.75) is 65.2 Å². The molecule has 3 atom stereocenters. The fourth-order valence-electron chi connectivity index (χ4n) is 3.24. The Kier molecular flexibility index (Phi) is 7.63. The smallest absolute Gasteiger partial charge is 0.309 e. The van der Waals surface area contributed by atoms with Crippen molar-refractivity contribution in [2.24, 2.45) is 17.8 Å². The predicted octanol–water partition coefficient (Wildman–Crippen LogP) is 3.64. The van der Waals surface area contributed by atoms with E-state index in [1.54, 1.807) is 0 Å². The highest BCUT2D eigenvalue weighted by molar-refractivity contribution is 5.76. The molecule has 0 spiro atoms. The third-order valence-corrected chi connectivity index (χ3v) is 4.40. The van der Waals surface area contributed by atoms with Crippen molar-refractivity contribution in [3.63, 3.8) is 0 Å². The molecule has 20 heavy (non-hydrogen) atoms. The van der Waals surface area contributed by atoms with Gasteiger partial charge in [0.15, 0.2) is 0 Å². The second-order valence-corrected chi connectivity index (χ2v) is 5.78. The largest absolute Gasteiger partial charge is 0.481 e. The van der Waals surface area contributed by atoms with Gasteiger partial charge in [-0.05, 0) is 25.2 Å². The summed E-state index contributed by atoms with van der Waals surface area (Å²) in [5.41, 5.74) is 0. The first kappa shape index (κ1) is 17.0. The molecule has 0 aliphatic heterocycles. The lowest BCUT2D eigenvalue weighted by Gasteiger charge is -2.34. The normalized spacial score (nSPS) is 26.2. The van der Waals surface area contributed by atoms with Crippen molar-refractivity contribution < 1.29 is 19.4 Å². The Balaban J connectivity index is 2.46. The van der Waals surface area contributed by atoms with Crippen LogP contribution in [0.15, 0.2) is 0 Å². The van der Waals surface area contributed by atoms with Gasteiger partial charge in [0, 0.05) is 0 Å². The number of rotatable bonds is 8. The molecule has 0 radical (unpaired) electrons. The summed E-state index contributed by atoms with van der Waals surface area (Å²) in [6.45, 7) is 4.59. The second-order valence-electron chi connectivity index (χ2n) is 5.78. The van der Waals surface area contributed by atoms with Gasteiger partial charge < -0.3 is 9.84 Å². The highest BCUT2D eigenvalue weighted by Crippen LogP contribution is 2.38. The summed E-state index contributed by atoms with van der Waals surface area (Å²) in [5.74, 6) is -1.62.